The Bertz CT molecular complexity index is 631. The van der Waals surface area contributed by atoms with Crippen molar-refractivity contribution in [3.8, 4) is 11.5 Å². The molecule has 0 atom stereocenters. The van der Waals surface area contributed by atoms with Gasteiger partial charge in [0.1, 0.15) is 22.7 Å². The van der Waals surface area contributed by atoms with E-state index in [2.05, 4.69) is 5.32 Å². The average Bonchev–Trinajstić information content (AvgIpc) is 2.72. The summed E-state index contributed by atoms with van der Waals surface area (Å²) >= 11 is 0. The lowest BCUT2D eigenvalue weighted by molar-refractivity contribution is -0.0184. The summed E-state index contributed by atoms with van der Waals surface area (Å²) in [4.78, 5) is 14.0. The molecule has 1 N–H and O–H groups in total. The normalized spacial score (nSPS) is 19.3. The second kappa shape index (κ2) is 6.65. The Morgan fingerprint density at radius 2 is 1.96 bits per heavy atom. The zero-order valence-electron chi connectivity index (χ0n) is 15.6. The zero-order chi connectivity index (χ0) is 18.1. The molecule has 25 heavy (non-hydrogen) atoms. The smallest absolute Gasteiger partial charge is 0.410 e. The van der Waals surface area contributed by atoms with Crippen molar-refractivity contribution in [3.63, 3.8) is 0 Å². The number of anilines is 1. The van der Waals surface area contributed by atoms with Crippen molar-refractivity contribution < 1.29 is 19.0 Å². The van der Waals surface area contributed by atoms with Gasteiger partial charge in [-0.05, 0) is 32.9 Å². The van der Waals surface area contributed by atoms with Crippen LogP contribution in [0.2, 0.25) is 0 Å². The number of methoxy groups -OCH3 is 1. The van der Waals surface area contributed by atoms with Crippen LogP contribution < -0.4 is 14.8 Å². The van der Waals surface area contributed by atoms with E-state index in [9.17, 15) is 4.79 Å². The highest BCUT2D eigenvalue weighted by molar-refractivity contribution is 5.68. The molecular weight excluding hydrogens is 320 g/mol. The summed E-state index contributed by atoms with van der Waals surface area (Å²) in [5, 5.41) is 3.43. The van der Waals surface area contributed by atoms with Crippen LogP contribution in [0.1, 0.15) is 40.0 Å². The van der Waals surface area contributed by atoms with Crippen LogP contribution in [-0.2, 0) is 4.74 Å². The maximum Gasteiger partial charge on any atom is 0.410 e. The third kappa shape index (κ3) is 4.11. The van der Waals surface area contributed by atoms with E-state index < -0.39 is 5.60 Å². The predicted octanol–water partition coefficient (Wildman–Crippen LogP) is 3.66. The summed E-state index contributed by atoms with van der Waals surface area (Å²) < 4.78 is 17.2. The molecule has 0 saturated carbocycles. The van der Waals surface area contributed by atoms with Crippen molar-refractivity contribution in [1.29, 1.82) is 0 Å². The first-order chi connectivity index (χ1) is 11.8. The van der Waals surface area contributed by atoms with Crippen molar-refractivity contribution in [1.82, 2.24) is 4.90 Å². The molecule has 1 aromatic carbocycles. The second-order valence-corrected chi connectivity index (χ2v) is 7.79. The lowest BCUT2D eigenvalue weighted by Gasteiger charge is -2.41. The van der Waals surface area contributed by atoms with Crippen LogP contribution in [0.4, 0.5) is 10.5 Å². The Balaban J connectivity index is 1.67. The van der Waals surface area contributed by atoms with E-state index in [4.69, 9.17) is 14.2 Å². The van der Waals surface area contributed by atoms with Gasteiger partial charge >= 0.3 is 6.09 Å². The number of benzene rings is 1. The highest BCUT2D eigenvalue weighted by atomic mass is 16.6. The monoisotopic (exact) mass is 348 g/mol. The number of fused-ring (bicyclic) bond motifs is 1. The fourth-order valence-electron chi connectivity index (χ4n) is 3.35. The van der Waals surface area contributed by atoms with Gasteiger partial charge in [0.05, 0.1) is 12.8 Å². The first kappa shape index (κ1) is 17.7. The molecule has 1 amide bonds. The molecule has 0 aliphatic carbocycles. The molecule has 6 nitrogen and oxygen atoms in total. The van der Waals surface area contributed by atoms with Gasteiger partial charge in [-0.1, -0.05) is 0 Å². The largest absolute Gasteiger partial charge is 0.497 e. The minimum absolute atomic E-state index is 0.231. The van der Waals surface area contributed by atoms with Gasteiger partial charge in [-0.25, -0.2) is 4.79 Å². The highest BCUT2D eigenvalue weighted by Crippen LogP contribution is 2.39. The summed E-state index contributed by atoms with van der Waals surface area (Å²) in [5.74, 6) is 1.66. The zero-order valence-corrected chi connectivity index (χ0v) is 15.6. The first-order valence-electron chi connectivity index (χ1n) is 8.89. The van der Waals surface area contributed by atoms with Crippen LogP contribution >= 0.6 is 0 Å². The summed E-state index contributed by atoms with van der Waals surface area (Å²) in [6, 6.07) is 5.83. The molecule has 1 saturated heterocycles. The van der Waals surface area contributed by atoms with Crippen LogP contribution in [0.3, 0.4) is 0 Å². The molecule has 0 unspecified atom stereocenters. The number of rotatable bonds is 1. The molecule has 0 aromatic heterocycles. The van der Waals surface area contributed by atoms with Crippen LogP contribution in [0.25, 0.3) is 0 Å². The van der Waals surface area contributed by atoms with Gasteiger partial charge in [0, 0.05) is 45.0 Å². The molecule has 2 aliphatic rings. The molecule has 1 spiro atoms. The highest BCUT2D eigenvalue weighted by Gasteiger charge is 2.40. The Morgan fingerprint density at radius 1 is 1.24 bits per heavy atom. The minimum Gasteiger partial charge on any atom is -0.497 e. The van der Waals surface area contributed by atoms with Crippen molar-refractivity contribution in [2.75, 3.05) is 32.1 Å². The third-order valence-electron chi connectivity index (χ3n) is 4.74. The standard InChI is InChI=1S/C19H28N2O4/c1-18(2,3)25-17(22)21-11-8-19(9-12-21)7-10-20-15-13-14(23-4)5-6-16(15)24-19/h5-6,13,20H,7-12H2,1-4H3. The van der Waals surface area contributed by atoms with E-state index in [0.717, 1.165) is 43.0 Å². The van der Waals surface area contributed by atoms with E-state index in [1.807, 2.05) is 39.0 Å². The summed E-state index contributed by atoms with van der Waals surface area (Å²) in [6.07, 6.45) is 2.28. The van der Waals surface area contributed by atoms with Crippen LogP contribution in [0.5, 0.6) is 11.5 Å². The number of hydrogen-bond donors (Lipinski definition) is 1. The number of likely N-dealkylation sites (tertiary alicyclic amines) is 1. The number of nitrogens with zero attached hydrogens (tertiary/aromatic N) is 1. The number of carbonyl (C=O) groups is 1. The molecule has 1 fully saturated rings. The maximum absolute atomic E-state index is 12.3. The number of nitrogens with one attached hydrogen (secondary N) is 1. The van der Waals surface area contributed by atoms with Gasteiger partial charge < -0.3 is 24.4 Å². The van der Waals surface area contributed by atoms with E-state index in [0.29, 0.717) is 13.1 Å². The third-order valence-corrected chi connectivity index (χ3v) is 4.74. The topological polar surface area (TPSA) is 60.0 Å². The number of amides is 1. The lowest BCUT2D eigenvalue weighted by atomic mass is 9.88. The molecule has 2 heterocycles. The molecule has 1 aromatic rings. The fourth-order valence-corrected chi connectivity index (χ4v) is 3.35. The van der Waals surface area contributed by atoms with Crippen molar-refractivity contribution >= 4 is 11.8 Å². The number of carbonyl (C=O) groups excluding carboxylic acids is 1. The molecule has 0 bridgehead atoms. The van der Waals surface area contributed by atoms with E-state index in [1.165, 1.54) is 0 Å². The molecule has 0 radical (unpaired) electrons. The average molecular weight is 348 g/mol. The van der Waals surface area contributed by atoms with Gasteiger partial charge in [0.15, 0.2) is 0 Å². The van der Waals surface area contributed by atoms with Crippen molar-refractivity contribution in [2.45, 2.75) is 51.2 Å². The van der Waals surface area contributed by atoms with Crippen molar-refractivity contribution in [2.24, 2.45) is 0 Å². The Kier molecular flexibility index (Phi) is 4.71. The first-order valence-corrected chi connectivity index (χ1v) is 8.89. The Hall–Kier alpha value is -2.11. The van der Waals surface area contributed by atoms with Gasteiger partial charge in [0.2, 0.25) is 0 Å². The second-order valence-electron chi connectivity index (χ2n) is 7.79. The van der Waals surface area contributed by atoms with E-state index in [1.54, 1.807) is 12.0 Å². The van der Waals surface area contributed by atoms with Crippen LogP contribution in [-0.4, -0.2) is 48.9 Å². The Morgan fingerprint density at radius 3 is 2.60 bits per heavy atom. The number of ether oxygens (including phenoxy) is 3. The summed E-state index contributed by atoms with van der Waals surface area (Å²) in [7, 11) is 1.66. The molecule has 6 heteroatoms. The number of hydrogen-bond acceptors (Lipinski definition) is 5. The minimum atomic E-state index is -0.465. The van der Waals surface area contributed by atoms with Gasteiger partial charge in [-0.3, -0.25) is 0 Å². The number of piperidine rings is 1. The molecular formula is C19H28N2O4. The van der Waals surface area contributed by atoms with Gasteiger partial charge in [-0.2, -0.15) is 0 Å². The SMILES string of the molecule is COc1ccc2c(c1)NCCC1(CCN(C(=O)OC(C)(C)C)CC1)O2. The van der Waals surface area contributed by atoms with Gasteiger partial charge in [-0.15, -0.1) is 0 Å². The molecule has 3 rings (SSSR count). The quantitative estimate of drug-likeness (QED) is 0.839. The lowest BCUT2D eigenvalue weighted by Crippen LogP contribution is -2.51. The van der Waals surface area contributed by atoms with Gasteiger partial charge in [0.25, 0.3) is 0 Å². The van der Waals surface area contributed by atoms with Crippen molar-refractivity contribution in [3.05, 3.63) is 18.2 Å². The molecule has 2 aliphatic heterocycles. The van der Waals surface area contributed by atoms with Crippen LogP contribution in [0, 0.1) is 0 Å². The maximum atomic E-state index is 12.3. The van der Waals surface area contributed by atoms with Crippen LogP contribution in [0.15, 0.2) is 18.2 Å². The summed E-state index contributed by atoms with van der Waals surface area (Å²) in [5.41, 5.74) is 0.268. The Labute approximate surface area is 149 Å². The summed E-state index contributed by atoms with van der Waals surface area (Å²) in [6.45, 7) is 7.82. The molecule has 138 valence electrons. The fraction of sp³-hybridized carbons (Fsp3) is 0.632. The predicted molar refractivity (Wildman–Crippen MR) is 96.5 cm³/mol. The van der Waals surface area contributed by atoms with E-state index >= 15 is 0 Å². The van der Waals surface area contributed by atoms with E-state index in [-0.39, 0.29) is 11.7 Å².